The first-order valence-electron chi connectivity index (χ1n) is 25.7. The van der Waals surface area contributed by atoms with Crippen LogP contribution >= 0.6 is 22.9 Å². The van der Waals surface area contributed by atoms with Crippen molar-refractivity contribution in [3.8, 4) is 16.1 Å². The van der Waals surface area contributed by atoms with E-state index in [1.807, 2.05) is 113 Å². The molecule has 3 aromatic carbocycles. The number of aromatic nitrogens is 6. The van der Waals surface area contributed by atoms with E-state index in [-0.39, 0.29) is 52.1 Å². The number of aliphatic hydroxyl groups is 1. The highest BCUT2D eigenvalue weighted by molar-refractivity contribution is 7.15. The summed E-state index contributed by atoms with van der Waals surface area (Å²) >= 11 is 7.87. The Hall–Kier alpha value is -7.66. The third kappa shape index (κ3) is 12.4. The third-order valence-corrected chi connectivity index (χ3v) is 15.4. The van der Waals surface area contributed by atoms with Crippen molar-refractivity contribution in [1.29, 1.82) is 0 Å². The summed E-state index contributed by atoms with van der Waals surface area (Å²) in [5.41, 5.74) is 5.57. The van der Waals surface area contributed by atoms with Crippen LogP contribution in [0.4, 0.5) is 0 Å². The SMILES string of the molecule is Cc1sc2c(c1C)C(c1ccc(Cl)cc1)=N[C@@H](CC(=O)NC[C@H]1NC(=O)CNC(=O)[C@@H](Cc3ccc(-c4ccccc4)cc3)NC(=O)[C@@H]3C[C@@H](O)CN3C(=O)[C@H](C(C)(C)C)n3cc(nn3)COCCNC1=O)c1nnc(C)n1-2. The van der Waals surface area contributed by atoms with Crippen LogP contribution in [0, 0.1) is 26.2 Å². The van der Waals surface area contributed by atoms with Crippen LogP contribution in [0.5, 0.6) is 0 Å². The molecule has 3 aliphatic heterocycles. The Kier molecular flexibility index (Phi) is 16.6. The second kappa shape index (κ2) is 23.5. The molecule has 1 saturated heterocycles. The average molecular weight is 1100 g/mol. The van der Waals surface area contributed by atoms with Crippen molar-refractivity contribution < 1.29 is 38.6 Å². The fraction of sp³-hybridized carbons (Fsp3) is 0.400. The first-order valence-corrected chi connectivity index (χ1v) is 26.9. The van der Waals surface area contributed by atoms with Gasteiger partial charge in [-0.1, -0.05) is 104 Å². The normalized spacial score (nSPS) is 21.8. The number of carbonyl (C=O) groups excluding carboxylic acids is 6. The molecule has 408 valence electrons. The molecule has 78 heavy (non-hydrogen) atoms. The maximum absolute atomic E-state index is 14.6. The van der Waals surface area contributed by atoms with Crippen molar-refractivity contribution in [1.82, 2.24) is 61.2 Å². The quantitative estimate of drug-likeness (QED) is 0.127. The van der Waals surface area contributed by atoms with Gasteiger partial charge in [0.25, 0.3) is 0 Å². The van der Waals surface area contributed by atoms with Gasteiger partial charge < -0.3 is 41.3 Å². The molecule has 2 bridgehead atoms. The fourth-order valence-corrected chi connectivity index (χ4v) is 11.3. The van der Waals surface area contributed by atoms with Crippen LogP contribution in [-0.4, -0.2) is 138 Å². The van der Waals surface area contributed by atoms with E-state index in [9.17, 15) is 33.9 Å². The number of fused-ring (bicyclic) bond motifs is 6. The van der Waals surface area contributed by atoms with Crippen LogP contribution in [0.25, 0.3) is 16.1 Å². The number of rotatable bonds is 8. The summed E-state index contributed by atoms with van der Waals surface area (Å²) in [6.45, 7) is 10.3. The minimum Gasteiger partial charge on any atom is -0.391 e. The summed E-state index contributed by atoms with van der Waals surface area (Å²) in [6, 6.07) is 18.9. The highest BCUT2D eigenvalue weighted by Gasteiger charge is 2.46. The lowest BCUT2D eigenvalue weighted by Crippen LogP contribution is -2.57. The largest absolute Gasteiger partial charge is 0.391 e. The minimum absolute atomic E-state index is 0.00234. The molecule has 0 radical (unpaired) electrons. The number of aryl methyl sites for hydroxylation is 2. The second-order valence-corrected chi connectivity index (χ2v) is 22.4. The van der Waals surface area contributed by atoms with Crippen molar-refractivity contribution in [3.05, 3.63) is 135 Å². The van der Waals surface area contributed by atoms with Gasteiger partial charge in [-0.05, 0) is 60.6 Å². The number of amides is 6. The number of ether oxygens (including phenoxy) is 1. The van der Waals surface area contributed by atoms with Gasteiger partial charge in [0.15, 0.2) is 5.82 Å². The fourth-order valence-electron chi connectivity index (χ4n) is 9.91. The highest BCUT2D eigenvalue weighted by Crippen LogP contribution is 2.40. The van der Waals surface area contributed by atoms with Gasteiger partial charge in [-0.15, -0.1) is 26.6 Å². The summed E-state index contributed by atoms with van der Waals surface area (Å²) in [4.78, 5) is 92.7. The highest BCUT2D eigenvalue weighted by atomic mass is 35.5. The second-order valence-electron chi connectivity index (χ2n) is 20.8. The molecule has 23 heteroatoms. The topological polar surface area (TPSA) is 269 Å². The van der Waals surface area contributed by atoms with Crippen molar-refractivity contribution in [2.24, 2.45) is 10.4 Å². The number of carbonyl (C=O) groups is 6. The molecule has 0 saturated carbocycles. The number of aliphatic imine (C=N–C) groups is 1. The Bertz CT molecular complexity index is 3240. The van der Waals surface area contributed by atoms with Crippen molar-refractivity contribution >= 4 is 64.1 Å². The van der Waals surface area contributed by atoms with Gasteiger partial charge in [-0.3, -0.25) is 38.3 Å². The van der Waals surface area contributed by atoms with Gasteiger partial charge in [-0.2, -0.15) is 0 Å². The van der Waals surface area contributed by atoms with E-state index >= 15 is 0 Å². The average Bonchev–Trinajstić information content (AvgIpc) is 4.36. The lowest BCUT2D eigenvalue weighted by Gasteiger charge is -2.35. The zero-order chi connectivity index (χ0) is 55.4. The molecule has 21 nitrogen and oxygen atoms in total. The molecule has 1 fully saturated rings. The van der Waals surface area contributed by atoms with E-state index in [4.69, 9.17) is 21.3 Å². The molecule has 6 N–H and O–H groups in total. The maximum atomic E-state index is 14.6. The number of benzene rings is 3. The smallest absolute Gasteiger partial charge is 0.248 e. The molecule has 0 spiro atoms. The van der Waals surface area contributed by atoms with Crippen molar-refractivity contribution in [2.45, 2.75) is 104 Å². The summed E-state index contributed by atoms with van der Waals surface area (Å²) in [5, 5.41) is 43.4. The number of nitrogens with one attached hydrogen (secondary N) is 5. The van der Waals surface area contributed by atoms with Gasteiger partial charge in [0.2, 0.25) is 35.4 Å². The van der Waals surface area contributed by atoms with E-state index < -0.39 is 83.7 Å². The molecule has 9 rings (SSSR count). The molecule has 3 aromatic heterocycles. The van der Waals surface area contributed by atoms with E-state index in [0.29, 0.717) is 33.6 Å². The van der Waals surface area contributed by atoms with Crippen LogP contribution < -0.4 is 26.6 Å². The number of aliphatic hydroxyl groups excluding tert-OH is 1. The van der Waals surface area contributed by atoms with Crippen LogP contribution in [0.3, 0.4) is 0 Å². The number of halogens is 1. The Balaban J connectivity index is 0.964. The molecule has 6 amide bonds. The third-order valence-electron chi connectivity index (χ3n) is 14.0. The lowest BCUT2D eigenvalue weighted by molar-refractivity contribution is -0.144. The zero-order valence-electron chi connectivity index (χ0n) is 44.1. The summed E-state index contributed by atoms with van der Waals surface area (Å²) in [6.07, 6.45) is 0.218. The van der Waals surface area contributed by atoms with Crippen LogP contribution in [0.2, 0.25) is 5.02 Å². The Morgan fingerprint density at radius 2 is 1.56 bits per heavy atom. The molecule has 0 unspecified atom stereocenters. The van der Waals surface area contributed by atoms with E-state index in [0.717, 1.165) is 37.7 Å². The van der Waals surface area contributed by atoms with Gasteiger partial charge in [0, 0.05) is 53.5 Å². The summed E-state index contributed by atoms with van der Waals surface area (Å²) < 4.78 is 9.17. The first kappa shape index (κ1) is 55.1. The Labute approximate surface area is 459 Å². The van der Waals surface area contributed by atoms with E-state index in [1.165, 1.54) is 9.58 Å². The molecule has 3 aliphatic rings. The molecular formula is C55H62ClN13O8S. The predicted octanol–water partition coefficient (Wildman–Crippen LogP) is 3.79. The number of thiophene rings is 1. The molecular weight excluding hydrogens is 1040 g/mol. The van der Waals surface area contributed by atoms with Crippen LogP contribution in [0.15, 0.2) is 90.1 Å². The van der Waals surface area contributed by atoms with Gasteiger partial charge >= 0.3 is 0 Å². The lowest BCUT2D eigenvalue weighted by atomic mass is 9.85. The zero-order valence-corrected chi connectivity index (χ0v) is 45.7. The van der Waals surface area contributed by atoms with Crippen LogP contribution in [-0.2, 0) is 46.5 Å². The van der Waals surface area contributed by atoms with Gasteiger partial charge in [0.05, 0.1) is 44.2 Å². The van der Waals surface area contributed by atoms with Crippen molar-refractivity contribution in [3.63, 3.8) is 0 Å². The molecule has 6 atom stereocenters. The summed E-state index contributed by atoms with van der Waals surface area (Å²) in [7, 11) is 0. The molecule has 6 heterocycles. The summed E-state index contributed by atoms with van der Waals surface area (Å²) in [5.74, 6) is -2.78. The molecule has 6 aromatic rings. The standard InChI is InChI=1S/C55H62ClN13O8S/c1-30-31(2)78-54-46(30)47(36-16-18-37(56)19-17-36)61-40(49-65-63-32(3)69(49)54)24-44(71)58-25-42-51(74)57-20-21-77-29-38-27-68(66-64-38)48(55(4,5)6)53(76)67-28-39(70)23-43(67)52(75)62-41(50(73)59-26-45(72)60-42)22-33-12-14-35(15-13-33)34-10-8-7-9-11-34/h7-19,27,39-43,48,70H,20-26,28-29H2,1-6H3,(H,57,74)(H,58,71)(H,59,73)(H,60,72)(H,62,75)/t39-,40+,41-,42-,43+,48-/m1/s1. The van der Waals surface area contributed by atoms with Crippen LogP contribution in [0.1, 0.15) is 90.2 Å². The van der Waals surface area contributed by atoms with E-state index in [2.05, 4.69) is 47.1 Å². The number of nitrogens with zero attached hydrogens (tertiary/aromatic N) is 8. The van der Waals surface area contributed by atoms with Gasteiger partial charge in [-0.25, -0.2) is 4.68 Å². The first-order chi connectivity index (χ1) is 37.3. The number of hydrogen-bond acceptors (Lipinski definition) is 14. The van der Waals surface area contributed by atoms with E-state index in [1.54, 1.807) is 29.7 Å². The minimum atomic E-state index is -1.34. The Morgan fingerprint density at radius 3 is 2.29 bits per heavy atom. The predicted molar refractivity (Wildman–Crippen MR) is 291 cm³/mol. The van der Waals surface area contributed by atoms with Crippen molar-refractivity contribution in [2.75, 3.05) is 32.8 Å². The molecule has 0 aliphatic carbocycles. The Morgan fingerprint density at radius 1 is 0.859 bits per heavy atom. The number of hydrogen-bond donors (Lipinski definition) is 6. The monoisotopic (exact) mass is 1100 g/mol. The van der Waals surface area contributed by atoms with Gasteiger partial charge in [0.1, 0.15) is 46.7 Å². The maximum Gasteiger partial charge on any atom is 0.248 e.